The highest BCUT2D eigenvalue weighted by molar-refractivity contribution is 5.92. The molecule has 34 heavy (non-hydrogen) atoms. The van der Waals surface area contributed by atoms with E-state index in [4.69, 9.17) is 0 Å². The van der Waals surface area contributed by atoms with E-state index in [0.717, 1.165) is 36.4 Å². The van der Waals surface area contributed by atoms with Gasteiger partial charge in [0.25, 0.3) is 5.91 Å². The van der Waals surface area contributed by atoms with Crippen molar-refractivity contribution in [3.05, 3.63) is 42.4 Å². The highest BCUT2D eigenvalue weighted by atomic mass is 19.4. The third-order valence-corrected chi connectivity index (χ3v) is 5.86. The summed E-state index contributed by atoms with van der Waals surface area (Å²) in [6, 6.07) is 0.213. The molecule has 2 N–H and O–H groups in total. The number of nitrogens with one attached hydrogen (secondary N) is 2. The molecule has 0 aromatic carbocycles. The van der Waals surface area contributed by atoms with Gasteiger partial charge in [-0.3, -0.25) is 14.6 Å². The van der Waals surface area contributed by atoms with Crippen molar-refractivity contribution >= 4 is 11.7 Å². The zero-order chi connectivity index (χ0) is 24.5. The molecule has 0 saturated carbocycles. The fourth-order valence-corrected chi connectivity index (χ4v) is 3.82. The quantitative estimate of drug-likeness (QED) is 0.539. The second kappa shape index (κ2) is 8.77. The fourth-order valence-electron chi connectivity index (χ4n) is 3.82. The maximum absolute atomic E-state index is 12.7. The maximum atomic E-state index is 12.7. The number of hydrogen-bond donors (Lipinski definition) is 2. The van der Waals surface area contributed by atoms with Gasteiger partial charge in [-0.1, -0.05) is 6.92 Å². The standard InChI is InChI=1S/C21H22F3N9O/c1-3-16-15(7-28-31-16)14-6-29-33(10-14)20(4-5-25)11-32(12-20)18-9-26-17(8-27-18)19(34)30-13(2)21(22,23)24/h6-10,13H,3-4,11-12H2,1-2H3,(H,28,31)(H,30,34). The Labute approximate surface area is 192 Å². The van der Waals surface area contributed by atoms with E-state index in [9.17, 15) is 23.2 Å². The SMILES string of the molecule is CCc1[nH]ncc1-c1cnn(C2(CC#N)CN(c3cnc(C(=O)NC(C)C(F)(F)F)cn3)C2)c1. The highest BCUT2D eigenvalue weighted by Crippen LogP contribution is 2.36. The average Bonchev–Trinajstić information content (AvgIpc) is 3.44. The number of H-pyrrole nitrogens is 1. The Balaban J connectivity index is 1.46. The number of alkyl halides is 3. The molecule has 1 aliphatic heterocycles. The number of hydrogen-bond acceptors (Lipinski definition) is 7. The van der Waals surface area contributed by atoms with Gasteiger partial charge in [0.2, 0.25) is 0 Å². The normalized spacial score (nSPS) is 15.9. The molecule has 1 amide bonds. The highest BCUT2D eigenvalue weighted by Gasteiger charge is 2.46. The van der Waals surface area contributed by atoms with Gasteiger partial charge in [-0.05, 0) is 13.3 Å². The Hall–Kier alpha value is -3.95. The third-order valence-electron chi connectivity index (χ3n) is 5.86. The van der Waals surface area contributed by atoms with Gasteiger partial charge in [0, 0.05) is 36.1 Å². The van der Waals surface area contributed by atoms with E-state index in [0.29, 0.717) is 18.9 Å². The van der Waals surface area contributed by atoms with Crippen LogP contribution in [0, 0.1) is 11.3 Å². The number of amides is 1. The van der Waals surface area contributed by atoms with Gasteiger partial charge >= 0.3 is 6.18 Å². The minimum Gasteiger partial charge on any atom is -0.350 e. The van der Waals surface area contributed by atoms with Crippen molar-refractivity contribution < 1.29 is 18.0 Å². The molecule has 178 valence electrons. The van der Waals surface area contributed by atoms with Crippen molar-refractivity contribution in [1.82, 2.24) is 35.3 Å². The van der Waals surface area contributed by atoms with Crippen LogP contribution in [0.5, 0.6) is 0 Å². The van der Waals surface area contributed by atoms with E-state index in [1.165, 1.54) is 6.20 Å². The first-order valence-corrected chi connectivity index (χ1v) is 10.6. The molecule has 13 heteroatoms. The largest absolute Gasteiger partial charge is 0.408 e. The zero-order valence-electron chi connectivity index (χ0n) is 18.5. The van der Waals surface area contributed by atoms with Crippen LogP contribution in [0.2, 0.25) is 0 Å². The van der Waals surface area contributed by atoms with Crippen LogP contribution in [0.1, 0.15) is 36.5 Å². The predicted molar refractivity (Wildman–Crippen MR) is 115 cm³/mol. The van der Waals surface area contributed by atoms with Gasteiger partial charge in [-0.2, -0.15) is 28.6 Å². The molecule has 0 spiro atoms. The number of anilines is 1. The monoisotopic (exact) mass is 473 g/mol. The van der Waals surface area contributed by atoms with Crippen LogP contribution >= 0.6 is 0 Å². The molecule has 0 aliphatic carbocycles. The zero-order valence-corrected chi connectivity index (χ0v) is 18.5. The van der Waals surface area contributed by atoms with Gasteiger partial charge < -0.3 is 10.2 Å². The molecule has 1 unspecified atom stereocenters. The molecule has 0 bridgehead atoms. The molecule has 10 nitrogen and oxygen atoms in total. The minimum atomic E-state index is -4.55. The molecule has 1 saturated heterocycles. The Morgan fingerprint density at radius 2 is 2.06 bits per heavy atom. The summed E-state index contributed by atoms with van der Waals surface area (Å²) >= 11 is 0. The van der Waals surface area contributed by atoms with Crippen LogP contribution in [0.15, 0.2) is 31.0 Å². The first-order chi connectivity index (χ1) is 16.2. The summed E-state index contributed by atoms with van der Waals surface area (Å²) in [6.45, 7) is 3.73. The first-order valence-electron chi connectivity index (χ1n) is 10.6. The van der Waals surface area contributed by atoms with E-state index >= 15 is 0 Å². The second-order valence-electron chi connectivity index (χ2n) is 8.20. The van der Waals surface area contributed by atoms with Crippen molar-refractivity contribution in [3.63, 3.8) is 0 Å². The van der Waals surface area contributed by atoms with Gasteiger partial charge in [0.15, 0.2) is 0 Å². The minimum absolute atomic E-state index is 0.216. The van der Waals surface area contributed by atoms with Crippen molar-refractivity contribution in [3.8, 4) is 17.2 Å². The van der Waals surface area contributed by atoms with Gasteiger partial charge in [0.05, 0.1) is 37.3 Å². The van der Waals surface area contributed by atoms with Crippen LogP contribution in [-0.2, 0) is 12.0 Å². The Kier molecular flexibility index (Phi) is 5.99. The average molecular weight is 473 g/mol. The topological polar surface area (TPSA) is 128 Å². The third kappa shape index (κ3) is 4.30. The summed E-state index contributed by atoms with van der Waals surface area (Å²) < 4.78 is 39.7. The number of nitriles is 1. The van der Waals surface area contributed by atoms with Crippen molar-refractivity contribution in [1.29, 1.82) is 5.26 Å². The number of aromatic nitrogens is 6. The Bertz CT molecular complexity index is 1200. The molecule has 3 aromatic rings. The number of carbonyl (C=O) groups is 1. The summed E-state index contributed by atoms with van der Waals surface area (Å²) in [5, 5.41) is 22.8. The van der Waals surface area contributed by atoms with E-state index in [1.54, 1.807) is 17.1 Å². The smallest absolute Gasteiger partial charge is 0.350 e. The predicted octanol–water partition coefficient (Wildman–Crippen LogP) is 2.44. The molecule has 0 radical (unpaired) electrons. The number of rotatable bonds is 7. The molecule has 1 fully saturated rings. The van der Waals surface area contributed by atoms with Gasteiger partial charge in [-0.25, -0.2) is 9.97 Å². The molecular formula is C21H22F3N9O. The number of aromatic amines is 1. The summed E-state index contributed by atoms with van der Waals surface area (Å²) in [5.74, 6) is -0.509. The van der Waals surface area contributed by atoms with E-state index in [1.807, 2.05) is 23.3 Å². The molecule has 3 aromatic heterocycles. The maximum Gasteiger partial charge on any atom is 0.408 e. The van der Waals surface area contributed by atoms with E-state index in [-0.39, 0.29) is 12.1 Å². The summed E-state index contributed by atoms with van der Waals surface area (Å²) in [6.07, 6.45) is 4.30. The Morgan fingerprint density at radius 1 is 1.29 bits per heavy atom. The van der Waals surface area contributed by atoms with Crippen LogP contribution in [0.3, 0.4) is 0 Å². The van der Waals surface area contributed by atoms with Crippen LogP contribution in [-0.4, -0.2) is 61.2 Å². The molecule has 4 rings (SSSR count). The van der Waals surface area contributed by atoms with E-state index in [2.05, 4.69) is 31.3 Å². The van der Waals surface area contributed by atoms with Gasteiger partial charge in [-0.15, -0.1) is 0 Å². The lowest BCUT2D eigenvalue weighted by atomic mass is 9.87. The van der Waals surface area contributed by atoms with Crippen LogP contribution in [0.25, 0.3) is 11.1 Å². The second-order valence-corrected chi connectivity index (χ2v) is 8.20. The lowest BCUT2D eigenvalue weighted by Gasteiger charge is -2.49. The van der Waals surface area contributed by atoms with E-state index < -0.39 is 23.7 Å². The lowest BCUT2D eigenvalue weighted by Crippen LogP contribution is -2.63. The van der Waals surface area contributed by atoms with Crippen molar-refractivity contribution in [2.24, 2.45) is 0 Å². The fraction of sp³-hybridized carbons (Fsp3) is 0.429. The summed E-state index contributed by atoms with van der Waals surface area (Å²) in [5.41, 5.74) is 2.06. The lowest BCUT2D eigenvalue weighted by molar-refractivity contribution is -0.149. The molecular weight excluding hydrogens is 451 g/mol. The summed E-state index contributed by atoms with van der Waals surface area (Å²) in [4.78, 5) is 22.0. The number of halogens is 3. The van der Waals surface area contributed by atoms with Gasteiger partial charge in [0.1, 0.15) is 23.1 Å². The Morgan fingerprint density at radius 3 is 2.68 bits per heavy atom. The molecule has 1 atom stereocenters. The van der Waals surface area contributed by atoms with Crippen molar-refractivity contribution in [2.75, 3.05) is 18.0 Å². The molecule has 4 heterocycles. The van der Waals surface area contributed by atoms with Crippen molar-refractivity contribution in [2.45, 2.75) is 44.4 Å². The van der Waals surface area contributed by atoms with Crippen LogP contribution < -0.4 is 10.2 Å². The molecule has 1 aliphatic rings. The number of aryl methyl sites for hydroxylation is 1. The number of nitrogens with zero attached hydrogens (tertiary/aromatic N) is 7. The van der Waals surface area contributed by atoms with Crippen LogP contribution in [0.4, 0.5) is 19.0 Å². The first kappa shape index (κ1) is 23.2. The summed E-state index contributed by atoms with van der Waals surface area (Å²) in [7, 11) is 0. The number of carbonyl (C=O) groups excluding carboxylic acids is 1.